The van der Waals surface area contributed by atoms with Gasteiger partial charge in [0.1, 0.15) is 5.25 Å². The number of rotatable bonds is 6. The van der Waals surface area contributed by atoms with E-state index in [4.69, 9.17) is 26.4 Å². The number of ether oxygens (including phenoxy) is 3. The van der Waals surface area contributed by atoms with Gasteiger partial charge in [0.2, 0.25) is 0 Å². The lowest BCUT2D eigenvalue weighted by Gasteiger charge is -2.34. The van der Waals surface area contributed by atoms with E-state index in [0.29, 0.717) is 9.52 Å². The Bertz CT molecular complexity index is 969. The lowest BCUT2D eigenvalue weighted by molar-refractivity contribution is -0.154. The lowest BCUT2D eigenvalue weighted by atomic mass is 9.82. The monoisotopic (exact) mass is 455 g/mol. The highest BCUT2D eigenvalue weighted by atomic mass is 32.2. The zero-order valence-corrected chi connectivity index (χ0v) is 18.5. The van der Waals surface area contributed by atoms with Gasteiger partial charge in [0.05, 0.1) is 31.3 Å². The number of carbonyl (C=O) groups excluding carboxylic acids is 2. The highest BCUT2D eigenvalue weighted by molar-refractivity contribution is 8.00. The van der Waals surface area contributed by atoms with E-state index in [9.17, 15) is 14.7 Å². The van der Waals surface area contributed by atoms with Crippen LogP contribution >= 0.6 is 35.3 Å². The third kappa shape index (κ3) is 4.29. The molecule has 3 rings (SSSR count). The number of thiazole rings is 1. The van der Waals surface area contributed by atoms with Crippen molar-refractivity contribution >= 4 is 47.3 Å². The molecule has 29 heavy (non-hydrogen) atoms. The maximum absolute atomic E-state index is 13.0. The molecule has 2 heterocycles. The van der Waals surface area contributed by atoms with Crippen LogP contribution in [0.25, 0.3) is 0 Å². The number of phenolic OH excluding ortho intramolecular Hbond substituents is 1. The van der Waals surface area contributed by atoms with Crippen molar-refractivity contribution in [2.24, 2.45) is 5.92 Å². The summed E-state index contributed by atoms with van der Waals surface area (Å²) in [6.07, 6.45) is 0. The van der Waals surface area contributed by atoms with E-state index in [-0.39, 0.29) is 24.7 Å². The summed E-state index contributed by atoms with van der Waals surface area (Å²) in [4.78, 5) is 29.7. The first-order valence-corrected chi connectivity index (χ1v) is 11.1. The Balaban J connectivity index is 2.19. The molecule has 0 saturated heterocycles. The van der Waals surface area contributed by atoms with Crippen LogP contribution in [0.5, 0.6) is 11.5 Å². The largest absolute Gasteiger partial charge is 0.504 e. The molecule has 0 bridgehead atoms. The van der Waals surface area contributed by atoms with Crippen LogP contribution in [0, 0.1) is 9.87 Å². The summed E-state index contributed by atoms with van der Waals surface area (Å²) in [7, 11) is 1.45. The third-order valence-electron chi connectivity index (χ3n) is 4.50. The summed E-state index contributed by atoms with van der Waals surface area (Å²) in [6.45, 7) is 3.83. The number of aromatic amines is 1. The minimum Gasteiger partial charge on any atom is -0.504 e. The molecule has 0 spiro atoms. The Labute approximate surface area is 181 Å². The van der Waals surface area contributed by atoms with Crippen molar-refractivity contribution in [3.63, 3.8) is 0 Å². The second-order valence-corrected chi connectivity index (χ2v) is 9.06. The van der Waals surface area contributed by atoms with Crippen LogP contribution in [0.15, 0.2) is 23.2 Å². The van der Waals surface area contributed by atoms with E-state index < -0.39 is 29.0 Å². The molecule has 0 aliphatic carbocycles. The van der Waals surface area contributed by atoms with Crippen molar-refractivity contribution in [3.8, 4) is 11.5 Å². The van der Waals surface area contributed by atoms with Crippen LogP contribution in [0.4, 0.5) is 0 Å². The highest BCUT2D eigenvalue weighted by Gasteiger charge is 2.49. The summed E-state index contributed by atoms with van der Waals surface area (Å²) in [5.74, 6) is -2.04. The van der Waals surface area contributed by atoms with Gasteiger partial charge in [-0.05, 0) is 43.8 Å². The molecule has 0 amide bonds. The SMILES string of the molecule is CCOC(=O)C1Sc2[nH]c(=S)sc2C(c2ccc(O)c(OC)c2)C1C(=O)OCC. The molecule has 156 valence electrons. The van der Waals surface area contributed by atoms with Gasteiger partial charge in [0.25, 0.3) is 0 Å². The zero-order valence-electron chi connectivity index (χ0n) is 16.1. The third-order valence-corrected chi connectivity index (χ3v) is 7.24. The maximum Gasteiger partial charge on any atom is 0.320 e. The number of methoxy groups -OCH3 is 1. The van der Waals surface area contributed by atoms with Gasteiger partial charge in [-0.25, -0.2) is 0 Å². The van der Waals surface area contributed by atoms with Gasteiger partial charge in [-0.2, -0.15) is 0 Å². The number of aromatic hydroxyl groups is 1. The summed E-state index contributed by atoms with van der Waals surface area (Å²) >= 11 is 7.90. The van der Waals surface area contributed by atoms with Crippen LogP contribution < -0.4 is 4.74 Å². The number of esters is 2. The van der Waals surface area contributed by atoms with E-state index in [1.165, 1.54) is 36.3 Å². The molecule has 1 aromatic heterocycles. The van der Waals surface area contributed by atoms with E-state index in [1.807, 2.05) is 0 Å². The molecule has 2 aromatic rings. The topological polar surface area (TPSA) is 97.9 Å². The van der Waals surface area contributed by atoms with Crippen LogP contribution in [0.3, 0.4) is 0 Å². The fourth-order valence-corrected chi connectivity index (χ4v) is 6.23. The Kier molecular flexibility index (Phi) is 6.86. The van der Waals surface area contributed by atoms with E-state index in [0.717, 1.165) is 9.90 Å². The summed E-state index contributed by atoms with van der Waals surface area (Å²) in [5.41, 5.74) is 0.707. The Morgan fingerprint density at radius 2 is 1.90 bits per heavy atom. The molecular formula is C19H21NO6S3. The number of nitrogens with one attached hydrogen (secondary N) is 1. The van der Waals surface area contributed by atoms with Gasteiger partial charge >= 0.3 is 11.9 Å². The van der Waals surface area contributed by atoms with E-state index in [2.05, 4.69) is 4.98 Å². The van der Waals surface area contributed by atoms with Gasteiger partial charge in [-0.3, -0.25) is 9.59 Å². The van der Waals surface area contributed by atoms with Gasteiger partial charge in [0, 0.05) is 10.8 Å². The molecule has 1 aliphatic heterocycles. The number of hydrogen-bond acceptors (Lipinski definition) is 9. The first-order valence-electron chi connectivity index (χ1n) is 9.01. The van der Waals surface area contributed by atoms with Gasteiger partial charge in [-0.1, -0.05) is 17.8 Å². The first kappa shape index (κ1) is 21.7. The van der Waals surface area contributed by atoms with Crippen LogP contribution in [-0.4, -0.2) is 47.6 Å². The summed E-state index contributed by atoms with van der Waals surface area (Å²) < 4.78 is 16.3. The molecule has 3 unspecified atom stereocenters. The molecule has 1 aliphatic rings. The second-order valence-electron chi connectivity index (χ2n) is 6.19. The number of phenols is 1. The summed E-state index contributed by atoms with van der Waals surface area (Å²) in [6, 6.07) is 4.87. The standard InChI is InChI=1S/C19H21NO6S3/c1-4-25-17(22)13-12(9-6-7-10(21)11(8-9)24-3)14-16(20-19(27)29-14)28-15(13)18(23)26-5-2/h6-8,12-13,15,21H,4-5H2,1-3H3,(H,20,27). The Morgan fingerprint density at radius 1 is 1.21 bits per heavy atom. The van der Waals surface area contributed by atoms with Crippen molar-refractivity contribution in [2.45, 2.75) is 30.0 Å². The summed E-state index contributed by atoms with van der Waals surface area (Å²) in [5, 5.41) is 9.92. The molecule has 3 atom stereocenters. The molecular weight excluding hydrogens is 434 g/mol. The fourth-order valence-electron chi connectivity index (χ4n) is 3.32. The van der Waals surface area contributed by atoms with Gasteiger partial charge in [0.15, 0.2) is 15.5 Å². The second kappa shape index (κ2) is 9.19. The molecule has 0 fully saturated rings. The molecule has 7 nitrogen and oxygen atoms in total. The minimum atomic E-state index is -0.817. The van der Waals surface area contributed by atoms with E-state index in [1.54, 1.807) is 26.0 Å². The highest BCUT2D eigenvalue weighted by Crippen LogP contribution is 2.51. The fraction of sp³-hybridized carbons (Fsp3) is 0.421. The predicted octanol–water partition coefficient (Wildman–Crippen LogP) is 3.87. The van der Waals surface area contributed by atoms with Gasteiger partial charge in [-0.15, -0.1) is 11.3 Å². The lowest BCUT2D eigenvalue weighted by Crippen LogP contribution is -2.41. The van der Waals surface area contributed by atoms with Crippen LogP contribution in [-0.2, 0) is 19.1 Å². The molecule has 0 radical (unpaired) electrons. The number of hydrogen-bond donors (Lipinski definition) is 2. The van der Waals surface area contributed by atoms with E-state index >= 15 is 0 Å². The van der Waals surface area contributed by atoms with Crippen molar-refractivity contribution in [3.05, 3.63) is 32.6 Å². The smallest absolute Gasteiger partial charge is 0.320 e. The Hall–Kier alpha value is -2.04. The molecule has 0 saturated carbocycles. The molecule has 1 aromatic carbocycles. The van der Waals surface area contributed by atoms with Crippen molar-refractivity contribution in [1.82, 2.24) is 4.98 Å². The number of carbonyl (C=O) groups is 2. The number of benzene rings is 1. The molecule has 10 heteroatoms. The normalized spacial score (nSPS) is 20.6. The number of thioether (sulfide) groups is 1. The van der Waals surface area contributed by atoms with Crippen LogP contribution in [0.1, 0.15) is 30.2 Å². The predicted molar refractivity (Wildman–Crippen MR) is 112 cm³/mol. The zero-order chi connectivity index (χ0) is 21.1. The minimum absolute atomic E-state index is 0.0158. The average Bonchev–Trinajstić information content (AvgIpc) is 3.07. The number of aromatic nitrogens is 1. The van der Waals surface area contributed by atoms with Crippen molar-refractivity contribution in [2.75, 3.05) is 20.3 Å². The first-order chi connectivity index (χ1) is 13.9. The molecule has 2 N–H and O–H groups in total. The van der Waals surface area contributed by atoms with Crippen LogP contribution in [0.2, 0.25) is 0 Å². The maximum atomic E-state index is 13.0. The quantitative estimate of drug-likeness (QED) is 0.500. The Morgan fingerprint density at radius 3 is 2.55 bits per heavy atom. The van der Waals surface area contributed by atoms with Gasteiger partial charge < -0.3 is 24.3 Å². The number of fused-ring (bicyclic) bond motifs is 1. The van der Waals surface area contributed by atoms with Crippen molar-refractivity contribution in [1.29, 1.82) is 0 Å². The average molecular weight is 456 g/mol. The number of H-pyrrole nitrogens is 1. The van der Waals surface area contributed by atoms with Crippen molar-refractivity contribution < 1.29 is 28.9 Å².